The summed E-state index contributed by atoms with van der Waals surface area (Å²) in [5.74, 6) is 0. The summed E-state index contributed by atoms with van der Waals surface area (Å²) < 4.78 is 34.1. The molecule has 0 aliphatic rings. The van der Waals surface area contributed by atoms with Crippen molar-refractivity contribution in [1.82, 2.24) is 0 Å². The second-order valence-corrected chi connectivity index (χ2v) is 2.62. The van der Waals surface area contributed by atoms with E-state index in [0.717, 1.165) is 6.08 Å². The molecule has 0 atom stereocenters. The lowest BCUT2D eigenvalue weighted by Crippen LogP contribution is -2.05. The normalized spacial score (nSPS) is 14.1. The Bertz CT molecular complexity index is 114. The fourth-order valence-electron chi connectivity index (χ4n) is 0.295. The van der Waals surface area contributed by atoms with Crippen LogP contribution in [0.3, 0.4) is 0 Å². The molecule has 0 heterocycles. The summed E-state index contributed by atoms with van der Waals surface area (Å²) in [5.41, 5.74) is 0. The quantitative estimate of drug-likeness (QED) is 0.626. The molecule has 9 heavy (non-hydrogen) atoms. The van der Waals surface area contributed by atoms with E-state index in [4.69, 9.17) is 0 Å². The van der Waals surface area contributed by atoms with Crippen molar-refractivity contribution in [3.63, 3.8) is 0 Å². The molecule has 0 bridgehead atoms. The summed E-state index contributed by atoms with van der Waals surface area (Å²) >= 11 is 1.28. The van der Waals surface area contributed by atoms with E-state index in [1.807, 2.05) is 0 Å². The lowest BCUT2D eigenvalue weighted by molar-refractivity contribution is -0.0819. The Morgan fingerprint density at radius 1 is 1.56 bits per heavy atom. The highest BCUT2D eigenvalue weighted by Gasteiger charge is 2.30. The van der Waals surface area contributed by atoms with Crippen LogP contribution in [0.15, 0.2) is 9.66 Å². The van der Waals surface area contributed by atoms with E-state index < -0.39 is 9.76 Å². The highest BCUT2D eigenvalue weighted by Crippen LogP contribution is 2.30. The second kappa shape index (κ2) is 3.43. The van der Waals surface area contributed by atoms with Gasteiger partial charge >= 0.3 is 6.18 Å². The molecular formula is C5H6F3I. The standard InChI is InChI=1S/C5H6F3I/c1-2-3-4(9)5(6,7)8/h3H,2H2,1H3. The third kappa shape index (κ3) is 3.77. The van der Waals surface area contributed by atoms with Crippen LogP contribution < -0.4 is 0 Å². The molecule has 0 aliphatic carbocycles. The van der Waals surface area contributed by atoms with Gasteiger partial charge in [-0.3, -0.25) is 0 Å². The van der Waals surface area contributed by atoms with Crippen molar-refractivity contribution < 1.29 is 13.2 Å². The van der Waals surface area contributed by atoms with E-state index in [9.17, 15) is 13.2 Å². The molecule has 0 aliphatic heterocycles. The molecule has 0 radical (unpaired) electrons. The van der Waals surface area contributed by atoms with Crippen molar-refractivity contribution in [2.75, 3.05) is 0 Å². The molecule has 0 aromatic carbocycles. The van der Waals surface area contributed by atoms with Gasteiger partial charge in [0.25, 0.3) is 0 Å². The van der Waals surface area contributed by atoms with Crippen molar-refractivity contribution in [1.29, 1.82) is 0 Å². The first-order chi connectivity index (χ1) is 3.98. The van der Waals surface area contributed by atoms with Crippen LogP contribution in [0.5, 0.6) is 0 Å². The first-order valence-corrected chi connectivity index (χ1v) is 3.49. The monoisotopic (exact) mass is 250 g/mol. The Labute approximate surface area is 65.3 Å². The van der Waals surface area contributed by atoms with Gasteiger partial charge in [0.1, 0.15) is 0 Å². The summed E-state index contributed by atoms with van der Waals surface area (Å²) in [6.07, 6.45) is -2.56. The highest BCUT2D eigenvalue weighted by atomic mass is 127. The zero-order chi connectivity index (χ0) is 7.49. The van der Waals surface area contributed by atoms with E-state index in [1.165, 1.54) is 22.6 Å². The molecule has 0 spiro atoms. The zero-order valence-electron chi connectivity index (χ0n) is 4.80. The minimum atomic E-state index is -4.14. The van der Waals surface area contributed by atoms with Crippen molar-refractivity contribution in [3.05, 3.63) is 9.66 Å². The number of allylic oxidation sites excluding steroid dienone is 2. The molecule has 0 unspecified atom stereocenters. The molecule has 0 fully saturated rings. The highest BCUT2D eigenvalue weighted by molar-refractivity contribution is 14.1. The Kier molecular flexibility index (Phi) is 3.53. The van der Waals surface area contributed by atoms with Gasteiger partial charge in [-0.2, -0.15) is 13.2 Å². The number of hydrogen-bond donors (Lipinski definition) is 0. The molecule has 4 heteroatoms. The van der Waals surface area contributed by atoms with Crippen LogP contribution in [0.4, 0.5) is 13.2 Å². The third-order valence-electron chi connectivity index (χ3n) is 0.654. The van der Waals surface area contributed by atoms with Gasteiger partial charge < -0.3 is 0 Å². The van der Waals surface area contributed by atoms with Gasteiger partial charge in [0.2, 0.25) is 0 Å². The van der Waals surface area contributed by atoms with Crippen LogP contribution >= 0.6 is 22.6 Å². The average Bonchev–Trinajstić information content (AvgIpc) is 1.64. The number of alkyl halides is 3. The molecule has 0 saturated carbocycles. The lowest BCUT2D eigenvalue weighted by Gasteiger charge is -2.02. The van der Waals surface area contributed by atoms with Gasteiger partial charge in [0, 0.05) is 0 Å². The maximum absolute atomic E-state index is 11.6. The minimum Gasteiger partial charge on any atom is -0.166 e. The van der Waals surface area contributed by atoms with Crippen molar-refractivity contribution in [2.45, 2.75) is 19.5 Å². The van der Waals surface area contributed by atoms with Gasteiger partial charge in [0.05, 0.1) is 3.58 Å². The maximum Gasteiger partial charge on any atom is 0.421 e. The Morgan fingerprint density at radius 3 is 2.11 bits per heavy atom. The lowest BCUT2D eigenvalue weighted by atomic mass is 10.4. The van der Waals surface area contributed by atoms with Gasteiger partial charge in [0.15, 0.2) is 0 Å². The first kappa shape index (κ1) is 9.26. The Hall–Kier alpha value is 0.260. The summed E-state index contributed by atoms with van der Waals surface area (Å²) in [6, 6.07) is 0. The van der Waals surface area contributed by atoms with Crippen LogP contribution in [-0.2, 0) is 0 Å². The fraction of sp³-hybridized carbons (Fsp3) is 0.600. The molecule has 0 aromatic rings. The van der Waals surface area contributed by atoms with Crippen LogP contribution in [-0.4, -0.2) is 6.18 Å². The van der Waals surface area contributed by atoms with E-state index >= 15 is 0 Å². The Balaban J connectivity index is 4.03. The minimum absolute atomic E-state index is 0.428. The largest absolute Gasteiger partial charge is 0.421 e. The zero-order valence-corrected chi connectivity index (χ0v) is 6.95. The van der Waals surface area contributed by atoms with Gasteiger partial charge in [-0.1, -0.05) is 13.0 Å². The van der Waals surface area contributed by atoms with Crippen molar-refractivity contribution in [2.24, 2.45) is 0 Å². The predicted octanol–water partition coefficient (Wildman–Crippen LogP) is 3.28. The SMILES string of the molecule is CCC=C(I)C(F)(F)F. The second-order valence-electron chi connectivity index (χ2n) is 1.46. The molecule has 0 aromatic heterocycles. The van der Waals surface area contributed by atoms with Crippen LogP contribution in [0, 0.1) is 0 Å². The smallest absolute Gasteiger partial charge is 0.166 e. The van der Waals surface area contributed by atoms with Gasteiger partial charge in [-0.25, -0.2) is 0 Å². The first-order valence-electron chi connectivity index (χ1n) is 2.41. The van der Waals surface area contributed by atoms with Crippen molar-refractivity contribution in [3.8, 4) is 0 Å². The molecule has 54 valence electrons. The van der Waals surface area contributed by atoms with Gasteiger partial charge in [-0.05, 0) is 29.0 Å². The molecular weight excluding hydrogens is 244 g/mol. The summed E-state index contributed by atoms with van der Waals surface area (Å²) in [6.45, 7) is 1.67. The molecule has 0 saturated heterocycles. The van der Waals surface area contributed by atoms with Crippen LogP contribution in [0.25, 0.3) is 0 Å². The maximum atomic E-state index is 11.6. The van der Waals surface area contributed by atoms with Crippen LogP contribution in [0.2, 0.25) is 0 Å². The fourth-order valence-corrected chi connectivity index (χ4v) is 0.735. The molecule has 0 N–H and O–H groups in total. The van der Waals surface area contributed by atoms with E-state index in [1.54, 1.807) is 6.92 Å². The summed E-state index contributed by atoms with van der Waals surface area (Å²) in [5, 5.41) is 0. The van der Waals surface area contributed by atoms with E-state index in [2.05, 4.69) is 0 Å². The summed E-state index contributed by atoms with van der Waals surface area (Å²) in [7, 11) is 0. The Morgan fingerprint density at radius 2 is 2.00 bits per heavy atom. The molecule has 0 nitrogen and oxygen atoms in total. The third-order valence-corrected chi connectivity index (χ3v) is 1.71. The number of rotatable bonds is 1. The molecule has 0 rings (SSSR count). The number of hydrogen-bond acceptors (Lipinski definition) is 0. The average molecular weight is 250 g/mol. The topological polar surface area (TPSA) is 0 Å². The molecule has 0 amide bonds. The van der Waals surface area contributed by atoms with E-state index in [-0.39, 0.29) is 0 Å². The predicted molar refractivity (Wildman–Crippen MR) is 38.4 cm³/mol. The summed E-state index contributed by atoms with van der Waals surface area (Å²) in [4.78, 5) is 0. The van der Waals surface area contributed by atoms with Crippen molar-refractivity contribution >= 4 is 22.6 Å². The van der Waals surface area contributed by atoms with E-state index in [0.29, 0.717) is 6.42 Å². The number of halogens is 4. The van der Waals surface area contributed by atoms with Crippen LogP contribution in [0.1, 0.15) is 13.3 Å². The van der Waals surface area contributed by atoms with Gasteiger partial charge in [-0.15, -0.1) is 0 Å².